The molecule has 2 aliphatic rings. The van der Waals surface area contributed by atoms with Gasteiger partial charge in [0.25, 0.3) is 0 Å². The fraction of sp³-hybridized carbons (Fsp3) is 0.250. The van der Waals surface area contributed by atoms with Crippen molar-refractivity contribution in [2.24, 2.45) is 10.9 Å². The highest BCUT2D eigenvalue weighted by molar-refractivity contribution is 6.06. The molecule has 1 N–H and O–H groups in total. The lowest BCUT2D eigenvalue weighted by Crippen LogP contribution is -2.15. The second kappa shape index (κ2) is 7.85. The first kappa shape index (κ1) is 20.4. The molecule has 3 aromatic rings. The lowest BCUT2D eigenvalue weighted by atomic mass is 9.99. The van der Waals surface area contributed by atoms with Crippen molar-refractivity contribution in [3.63, 3.8) is 0 Å². The maximum absolute atomic E-state index is 12.8. The summed E-state index contributed by atoms with van der Waals surface area (Å²) >= 11 is 0. The Morgan fingerprint density at radius 2 is 1.81 bits per heavy atom. The molecule has 5 rings (SSSR count). The molecule has 2 aromatic heterocycles. The predicted octanol–water partition coefficient (Wildman–Crippen LogP) is 5.06. The van der Waals surface area contributed by atoms with Crippen LogP contribution in [0.5, 0.6) is 0 Å². The van der Waals surface area contributed by atoms with Crippen molar-refractivity contribution in [1.29, 1.82) is 0 Å². The zero-order valence-corrected chi connectivity index (χ0v) is 17.0. The highest BCUT2D eigenvalue weighted by Crippen LogP contribution is 2.37. The van der Waals surface area contributed by atoms with Gasteiger partial charge in [-0.2, -0.15) is 13.2 Å². The molecule has 0 unspecified atom stereocenters. The van der Waals surface area contributed by atoms with Gasteiger partial charge in [-0.25, -0.2) is 0 Å². The van der Waals surface area contributed by atoms with E-state index < -0.39 is 17.6 Å². The van der Waals surface area contributed by atoms with Crippen LogP contribution >= 0.6 is 0 Å². The Kier molecular flexibility index (Phi) is 5.00. The Balaban J connectivity index is 1.26. The fourth-order valence-corrected chi connectivity index (χ4v) is 3.82. The van der Waals surface area contributed by atoms with Crippen LogP contribution in [0.4, 0.5) is 18.9 Å². The summed E-state index contributed by atoms with van der Waals surface area (Å²) in [6, 6.07) is 10.5. The van der Waals surface area contributed by atoms with Crippen LogP contribution in [0.15, 0.2) is 60.0 Å². The molecule has 3 heterocycles. The van der Waals surface area contributed by atoms with Gasteiger partial charge in [-0.3, -0.25) is 19.8 Å². The van der Waals surface area contributed by atoms with Gasteiger partial charge >= 0.3 is 6.18 Å². The van der Waals surface area contributed by atoms with E-state index in [0.29, 0.717) is 12.5 Å². The Hall–Kier alpha value is -3.55. The molecule has 0 saturated heterocycles. The minimum absolute atomic E-state index is 0.0128. The molecule has 0 bridgehead atoms. The van der Waals surface area contributed by atoms with Crippen LogP contribution in [-0.2, 0) is 23.9 Å². The van der Waals surface area contributed by atoms with Crippen LogP contribution in [0.2, 0.25) is 0 Å². The van der Waals surface area contributed by atoms with E-state index in [2.05, 4.69) is 26.3 Å². The monoisotopic (exact) mass is 436 g/mol. The van der Waals surface area contributed by atoms with Gasteiger partial charge < -0.3 is 5.32 Å². The van der Waals surface area contributed by atoms with Crippen LogP contribution in [0, 0.1) is 5.92 Å². The first-order valence-corrected chi connectivity index (χ1v) is 10.3. The average Bonchev–Trinajstić information content (AvgIpc) is 3.52. The molecule has 0 spiro atoms. The Morgan fingerprint density at radius 1 is 1.03 bits per heavy atom. The number of nitrogens with one attached hydrogen (secondary N) is 1. The summed E-state index contributed by atoms with van der Waals surface area (Å²) in [5.74, 6) is 0.157. The third-order valence-electron chi connectivity index (χ3n) is 5.61. The molecule has 1 aliphatic carbocycles. The van der Waals surface area contributed by atoms with Crippen LogP contribution in [-0.4, -0.2) is 21.6 Å². The van der Waals surface area contributed by atoms with Gasteiger partial charge in [-0.05, 0) is 36.1 Å². The standard InChI is InChI=1S/C24H19F3N4O/c25-24(26,27)18-9-19(12-28-11-18)31-22(32)7-14-1-3-15(4-2-14)17-8-20-21(29-10-17)13-30-23(20)16-5-6-16/h1-4,8-12,16H,5-7,13H2,(H,31,32). The largest absolute Gasteiger partial charge is 0.417 e. The Labute approximate surface area is 182 Å². The van der Waals surface area contributed by atoms with E-state index >= 15 is 0 Å². The smallest absolute Gasteiger partial charge is 0.324 e. The lowest BCUT2D eigenvalue weighted by molar-refractivity contribution is -0.137. The summed E-state index contributed by atoms with van der Waals surface area (Å²) in [4.78, 5) is 25.1. The lowest BCUT2D eigenvalue weighted by Gasteiger charge is -2.10. The third-order valence-corrected chi connectivity index (χ3v) is 5.61. The summed E-state index contributed by atoms with van der Waals surface area (Å²) in [7, 11) is 0. The number of aromatic nitrogens is 2. The quantitative estimate of drug-likeness (QED) is 0.608. The predicted molar refractivity (Wildman–Crippen MR) is 114 cm³/mol. The Morgan fingerprint density at radius 3 is 2.53 bits per heavy atom. The number of aliphatic imine (C=N–C) groups is 1. The molecular weight excluding hydrogens is 417 g/mol. The molecule has 1 aromatic carbocycles. The van der Waals surface area contributed by atoms with Gasteiger partial charge in [0.15, 0.2) is 0 Å². The van der Waals surface area contributed by atoms with E-state index in [-0.39, 0.29) is 12.1 Å². The molecule has 8 heteroatoms. The Bertz CT molecular complexity index is 1210. The van der Waals surface area contributed by atoms with E-state index in [9.17, 15) is 18.0 Å². The molecule has 0 radical (unpaired) electrons. The molecule has 162 valence electrons. The zero-order chi connectivity index (χ0) is 22.3. The molecule has 32 heavy (non-hydrogen) atoms. The third kappa shape index (κ3) is 4.26. The second-order valence-corrected chi connectivity index (χ2v) is 8.08. The average molecular weight is 436 g/mol. The van der Waals surface area contributed by atoms with Crippen molar-refractivity contribution in [1.82, 2.24) is 9.97 Å². The minimum atomic E-state index is -4.51. The first-order chi connectivity index (χ1) is 15.4. The SMILES string of the molecule is O=C(Cc1ccc(-c2cnc3c(c2)C(C2CC2)=NC3)cc1)Nc1cncc(C(F)(F)F)c1. The molecular formula is C24H19F3N4O. The summed E-state index contributed by atoms with van der Waals surface area (Å²) in [5, 5.41) is 2.47. The summed E-state index contributed by atoms with van der Waals surface area (Å²) < 4.78 is 38.4. The number of halogens is 3. The number of benzene rings is 1. The number of amides is 1. The molecule has 0 atom stereocenters. The van der Waals surface area contributed by atoms with Crippen molar-refractivity contribution >= 4 is 17.3 Å². The number of rotatable bonds is 5. The van der Waals surface area contributed by atoms with Crippen LogP contribution in [0.1, 0.15) is 35.2 Å². The van der Waals surface area contributed by atoms with E-state index in [4.69, 9.17) is 0 Å². The number of carbonyl (C=O) groups excluding carboxylic acids is 1. The molecule has 1 saturated carbocycles. The van der Waals surface area contributed by atoms with Gasteiger partial charge in [0.1, 0.15) is 0 Å². The van der Waals surface area contributed by atoms with Crippen LogP contribution < -0.4 is 5.32 Å². The molecule has 1 aliphatic heterocycles. The second-order valence-electron chi connectivity index (χ2n) is 8.08. The number of carbonyl (C=O) groups is 1. The topological polar surface area (TPSA) is 67.2 Å². The van der Waals surface area contributed by atoms with Crippen molar-refractivity contribution in [2.45, 2.75) is 32.0 Å². The van der Waals surface area contributed by atoms with Gasteiger partial charge in [0.05, 0.1) is 36.1 Å². The van der Waals surface area contributed by atoms with Crippen molar-refractivity contribution in [2.75, 3.05) is 5.32 Å². The number of fused-ring (bicyclic) bond motifs is 1. The number of anilines is 1. The van der Waals surface area contributed by atoms with E-state index in [1.807, 2.05) is 30.5 Å². The molecule has 5 nitrogen and oxygen atoms in total. The minimum Gasteiger partial charge on any atom is -0.324 e. The number of hydrogen-bond donors (Lipinski definition) is 1. The van der Waals surface area contributed by atoms with E-state index in [1.165, 1.54) is 24.8 Å². The van der Waals surface area contributed by atoms with Gasteiger partial charge in [0, 0.05) is 35.2 Å². The van der Waals surface area contributed by atoms with Gasteiger partial charge in [0.2, 0.25) is 5.91 Å². The van der Waals surface area contributed by atoms with Crippen molar-refractivity contribution in [3.05, 3.63) is 77.4 Å². The first-order valence-electron chi connectivity index (χ1n) is 10.3. The summed E-state index contributed by atoms with van der Waals surface area (Å²) in [6.07, 6.45) is 1.66. The number of hydrogen-bond acceptors (Lipinski definition) is 4. The highest BCUT2D eigenvalue weighted by Gasteiger charge is 2.33. The zero-order valence-electron chi connectivity index (χ0n) is 17.0. The maximum atomic E-state index is 12.8. The number of nitrogens with zero attached hydrogens (tertiary/aromatic N) is 3. The van der Waals surface area contributed by atoms with E-state index in [1.54, 1.807) is 0 Å². The summed E-state index contributed by atoms with van der Waals surface area (Å²) in [5.41, 5.74) is 5.17. The number of alkyl halides is 3. The van der Waals surface area contributed by atoms with E-state index in [0.717, 1.165) is 40.2 Å². The van der Waals surface area contributed by atoms with Crippen LogP contribution in [0.25, 0.3) is 11.1 Å². The summed E-state index contributed by atoms with van der Waals surface area (Å²) in [6.45, 7) is 0.650. The molecule has 1 amide bonds. The van der Waals surface area contributed by atoms with Crippen molar-refractivity contribution < 1.29 is 18.0 Å². The number of pyridine rings is 2. The van der Waals surface area contributed by atoms with Crippen LogP contribution in [0.3, 0.4) is 0 Å². The van der Waals surface area contributed by atoms with Gasteiger partial charge in [-0.15, -0.1) is 0 Å². The maximum Gasteiger partial charge on any atom is 0.417 e. The fourth-order valence-electron chi connectivity index (χ4n) is 3.82. The normalized spacial score (nSPS) is 15.3. The van der Waals surface area contributed by atoms with Crippen molar-refractivity contribution in [3.8, 4) is 11.1 Å². The highest BCUT2D eigenvalue weighted by atomic mass is 19.4. The van der Waals surface area contributed by atoms with Gasteiger partial charge in [-0.1, -0.05) is 24.3 Å². The molecule has 1 fully saturated rings.